The highest BCUT2D eigenvalue weighted by atomic mass is 16.3. The van der Waals surface area contributed by atoms with Gasteiger partial charge in [0, 0.05) is 12.0 Å². The van der Waals surface area contributed by atoms with Crippen LogP contribution in [0.2, 0.25) is 0 Å². The van der Waals surface area contributed by atoms with Crippen molar-refractivity contribution in [3.63, 3.8) is 0 Å². The molecule has 0 bridgehead atoms. The molecule has 1 aromatic carbocycles. The average Bonchev–Trinajstić information content (AvgIpc) is 2.69. The van der Waals surface area contributed by atoms with E-state index in [4.69, 9.17) is 5.73 Å². The van der Waals surface area contributed by atoms with Gasteiger partial charge < -0.3 is 10.8 Å². The molecule has 2 atom stereocenters. The van der Waals surface area contributed by atoms with Crippen LogP contribution >= 0.6 is 0 Å². The molecule has 1 aliphatic rings. The first-order chi connectivity index (χ1) is 8.07. The van der Waals surface area contributed by atoms with E-state index in [1.165, 1.54) is 11.1 Å². The van der Waals surface area contributed by atoms with E-state index in [1.807, 2.05) is 6.92 Å². The SMILES string of the molecule is CCCC(C)(O)C1(CN)CCc2ccccc21. The molecule has 2 heteroatoms. The van der Waals surface area contributed by atoms with Crippen LogP contribution in [-0.2, 0) is 11.8 Å². The summed E-state index contributed by atoms with van der Waals surface area (Å²) in [6.45, 7) is 4.59. The van der Waals surface area contributed by atoms with Gasteiger partial charge in [0.1, 0.15) is 0 Å². The molecule has 0 amide bonds. The van der Waals surface area contributed by atoms with Gasteiger partial charge >= 0.3 is 0 Å². The number of benzene rings is 1. The lowest BCUT2D eigenvalue weighted by molar-refractivity contribution is -0.0283. The van der Waals surface area contributed by atoms with Crippen molar-refractivity contribution in [2.45, 2.75) is 50.5 Å². The predicted molar refractivity (Wildman–Crippen MR) is 71.0 cm³/mol. The minimum absolute atomic E-state index is 0.250. The van der Waals surface area contributed by atoms with Gasteiger partial charge in [-0.15, -0.1) is 0 Å². The molecule has 3 N–H and O–H groups in total. The normalized spacial score (nSPS) is 26.6. The van der Waals surface area contributed by atoms with E-state index in [-0.39, 0.29) is 5.41 Å². The average molecular weight is 233 g/mol. The summed E-state index contributed by atoms with van der Waals surface area (Å²) < 4.78 is 0. The lowest BCUT2D eigenvalue weighted by Crippen LogP contribution is -2.53. The summed E-state index contributed by atoms with van der Waals surface area (Å²) >= 11 is 0. The van der Waals surface area contributed by atoms with Crippen LogP contribution in [-0.4, -0.2) is 17.3 Å². The Morgan fingerprint density at radius 2 is 2.12 bits per heavy atom. The number of aliphatic hydroxyl groups is 1. The second-order valence-corrected chi connectivity index (χ2v) is 5.47. The summed E-state index contributed by atoms with van der Waals surface area (Å²) in [5.74, 6) is 0. The Kier molecular flexibility index (Phi) is 3.28. The van der Waals surface area contributed by atoms with Crippen LogP contribution in [0.1, 0.15) is 44.2 Å². The van der Waals surface area contributed by atoms with Crippen molar-refractivity contribution >= 4 is 0 Å². The molecule has 17 heavy (non-hydrogen) atoms. The van der Waals surface area contributed by atoms with Crippen LogP contribution in [0, 0.1) is 0 Å². The summed E-state index contributed by atoms with van der Waals surface area (Å²) in [6, 6.07) is 8.42. The fourth-order valence-corrected chi connectivity index (χ4v) is 3.41. The highest BCUT2D eigenvalue weighted by molar-refractivity contribution is 5.42. The van der Waals surface area contributed by atoms with Gasteiger partial charge in [0.25, 0.3) is 0 Å². The highest BCUT2D eigenvalue weighted by Gasteiger charge is 2.50. The Hall–Kier alpha value is -0.860. The van der Waals surface area contributed by atoms with Crippen LogP contribution in [0.25, 0.3) is 0 Å². The summed E-state index contributed by atoms with van der Waals surface area (Å²) in [5.41, 5.74) is 7.71. The van der Waals surface area contributed by atoms with E-state index in [0.29, 0.717) is 6.54 Å². The topological polar surface area (TPSA) is 46.2 Å². The molecule has 2 rings (SSSR count). The second kappa shape index (κ2) is 4.43. The quantitative estimate of drug-likeness (QED) is 0.838. The van der Waals surface area contributed by atoms with Crippen molar-refractivity contribution in [1.82, 2.24) is 0 Å². The first kappa shape index (κ1) is 12.6. The summed E-state index contributed by atoms with van der Waals surface area (Å²) in [7, 11) is 0. The molecule has 0 aromatic heterocycles. The first-order valence-corrected chi connectivity index (χ1v) is 6.58. The summed E-state index contributed by atoms with van der Waals surface area (Å²) in [6.07, 6.45) is 3.79. The van der Waals surface area contributed by atoms with Gasteiger partial charge in [-0.3, -0.25) is 0 Å². The lowest BCUT2D eigenvalue weighted by atomic mass is 9.67. The zero-order chi connectivity index (χ0) is 12.5. The van der Waals surface area contributed by atoms with Crippen LogP contribution < -0.4 is 5.73 Å². The van der Waals surface area contributed by atoms with E-state index >= 15 is 0 Å². The van der Waals surface area contributed by atoms with Crippen molar-refractivity contribution in [2.24, 2.45) is 5.73 Å². The zero-order valence-corrected chi connectivity index (χ0v) is 10.9. The van der Waals surface area contributed by atoms with Crippen molar-refractivity contribution < 1.29 is 5.11 Å². The Morgan fingerprint density at radius 3 is 2.76 bits per heavy atom. The van der Waals surface area contributed by atoms with Gasteiger partial charge in [-0.2, -0.15) is 0 Å². The number of rotatable bonds is 4. The maximum Gasteiger partial charge on any atom is 0.0728 e. The Labute approximate surface area is 104 Å². The van der Waals surface area contributed by atoms with Crippen molar-refractivity contribution in [1.29, 1.82) is 0 Å². The highest BCUT2D eigenvalue weighted by Crippen LogP contribution is 2.47. The molecular formula is C15H23NO. The fourth-order valence-electron chi connectivity index (χ4n) is 3.41. The van der Waals surface area contributed by atoms with Crippen molar-refractivity contribution in [2.75, 3.05) is 6.54 Å². The molecule has 0 spiro atoms. The number of fused-ring (bicyclic) bond motifs is 1. The maximum atomic E-state index is 10.8. The number of hydrogen-bond donors (Lipinski definition) is 2. The molecule has 0 saturated heterocycles. The molecule has 1 aliphatic carbocycles. The number of aryl methyl sites for hydroxylation is 1. The molecule has 0 saturated carbocycles. The molecular weight excluding hydrogens is 210 g/mol. The van der Waals surface area contributed by atoms with Gasteiger partial charge in [0.05, 0.1) is 5.60 Å². The molecule has 0 radical (unpaired) electrons. The van der Waals surface area contributed by atoms with Gasteiger partial charge in [-0.25, -0.2) is 0 Å². The monoisotopic (exact) mass is 233 g/mol. The Bertz CT molecular complexity index is 400. The van der Waals surface area contributed by atoms with E-state index in [9.17, 15) is 5.11 Å². The fraction of sp³-hybridized carbons (Fsp3) is 0.600. The maximum absolute atomic E-state index is 10.8. The molecule has 2 unspecified atom stereocenters. The Balaban J connectivity index is 2.47. The molecule has 94 valence electrons. The van der Waals surface area contributed by atoms with Crippen LogP contribution in [0.5, 0.6) is 0 Å². The van der Waals surface area contributed by atoms with Crippen LogP contribution in [0.4, 0.5) is 0 Å². The van der Waals surface area contributed by atoms with Gasteiger partial charge in [-0.1, -0.05) is 37.6 Å². The molecule has 1 aromatic rings. The van der Waals surface area contributed by atoms with Crippen LogP contribution in [0.3, 0.4) is 0 Å². The zero-order valence-electron chi connectivity index (χ0n) is 10.9. The summed E-state index contributed by atoms with van der Waals surface area (Å²) in [5, 5.41) is 10.8. The minimum Gasteiger partial charge on any atom is -0.389 e. The third kappa shape index (κ3) is 1.80. The van der Waals surface area contributed by atoms with Crippen molar-refractivity contribution in [3.8, 4) is 0 Å². The Morgan fingerprint density at radius 1 is 1.41 bits per heavy atom. The van der Waals surface area contributed by atoms with E-state index in [0.717, 1.165) is 25.7 Å². The molecule has 2 nitrogen and oxygen atoms in total. The van der Waals surface area contributed by atoms with E-state index in [1.54, 1.807) is 0 Å². The second-order valence-electron chi connectivity index (χ2n) is 5.47. The standard InChI is InChI=1S/C15H23NO/c1-3-9-14(2,17)15(11-16)10-8-12-6-4-5-7-13(12)15/h4-7,17H,3,8-11,16H2,1-2H3. The minimum atomic E-state index is -0.705. The van der Waals surface area contributed by atoms with E-state index in [2.05, 4.69) is 31.2 Å². The molecule has 0 aliphatic heterocycles. The van der Waals surface area contributed by atoms with Gasteiger partial charge in [-0.05, 0) is 37.3 Å². The molecule has 0 fully saturated rings. The lowest BCUT2D eigenvalue weighted by Gasteiger charge is -2.43. The summed E-state index contributed by atoms with van der Waals surface area (Å²) in [4.78, 5) is 0. The number of nitrogens with two attached hydrogens (primary N) is 1. The molecule has 0 heterocycles. The number of hydrogen-bond acceptors (Lipinski definition) is 2. The third-order valence-electron chi connectivity index (χ3n) is 4.47. The smallest absolute Gasteiger partial charge is 0.0728 e. The largest absolute Gasteiger partial charge is 0.389 e. The van der Waals surface area contributed by atoms with Gasteiger partial charge in [0.2, 0.25) is 0 Å². The predicted octanol–water partition coefficient (Wildman–Crippen LogP) is 2.38. The van der Waals surface area contributed by atoms with E-state index < -0.39 is 5.60 Å². The third-order valence-corrected chi connectivity index (χ3v) is 4.47. The first-order valence-electron chi connectivity index (χ1n) is 6.58. The van der Waals surface area contributed by atoms with Gasteiger partial charge in [0.15, 0.2) is 0 Å². The van der Waals surface area contributed by atoms with Crippen LogP contribution in [0.15, 0.2) is 24.3 Å². The van der Waals surface area contributed by atoms with Crippen molar-refractivity contribution in [3.05, 3.63) is 35.4 Å².